The molecular weight excluding hydrogens is 494 g/mol. The second-order valence-corrected chi connectivity index (χ2v) is 12.5. The first-order valence-corrected chi connectivity index (χ1v) is 15.2. The van der Waals surface area contributed by atoms with Gasteiger partial charge in [0.2, 0.25) is 16.0 Å². The number of sulfonamides is 1. The molecule has 36 heavy (non-hydrogen) atoms. The lowest BCUT2D eigenvalue weighted by molar-refractivity contribution is 0.224. The van der Waals surface area contributed by atoms with E-state index < -0.39 is 10.0 Å². The molecular formula is C26H33N5O3S2. The largest absolute Gasteiger partial charge is 0.465 e. The number of aryl methyl sites for hydroxylation is 1. The van der Waals surface area contributed by atoms with Crippen LogP contribution in [0.4, 0.5) is 5.95 Å². The Morgan fingerprint density at radius 3 is 2.69 bits per heavy atom. The fourth-order valence-corrected chi connectivity index (χ4v) is 7.15. The zero-order chi connectivity index (χ0) is 25.1. The van der Waals surface area contributed by atoms with E-state index in [1.807, 2.05) is 31.5 Å². The summed E-state index contributed by atoms with van der Waals surface area (Å²) >= 11 is 1.56. The highest BCUT2D eigenvalue weighted by molar-refractivity contribution is 7.89. The average molecular weight is 528 g/mol. The van der Waals surface area contributed by atoms with Gasteiger partial charge in [0.25, 0.3) is 5.19 Å². The normalized spacial score (nSPS) is 19.1. The molecule has 0 aliphatic carbocycles. The van der Waals surface area contributed by atoms with Gasteiger partial charge in [0, 0.05) is 38.4 Å². The lowest BCUT2D eigenvalue weighted by Crippen LogP contribution is -2.36. The van der Waals surface area contributed by atoms with Crippen molar-refractivity contribution >= 4 is 43.1 Å². The van der Waals surface area contributed by atoms with Gasteiger partial charge in [-0.25, -0.2) is 23.4 Å². The van der Waals surface area contributed by atoms with Gasteiger partial charge in [0.15, 0.2) is 0 Å². The van der Waals surface area contributed by atoms with Gasteiger partial charge in [-0.15, -0.1) is 0 Å². The van der Waals surface area contributed by atoms with Crippen LogP contribution in [-0.4, -0.2) is 65.7 Å². The molecule has 0 unspecified atom stereocenters. The van der Waals surface area contributed by atoms with Gasteiger partial charge in [0.05, 0.1) is 22.5 Å². The van der Waals surface area contributed by atoms with Crippen molar-refractivity contribution in [3.8, 4) is 5.19 Å². The maximum absolute atomic E-state index is 12.4. The van der Waals surface area contributed by atoms with Crippen molar-refractivity contribution in [1.29, 1.82) is 0 Å². The van der Waals surface area contributed by atoms with Gasteiger partial charge in [-0.05, 0) is 48.1 Å². The molecule has 2 aliphatic heterocycles. The van der Waals surface area contributed by atoms with Crippen molar-refractivity contribution in [2.75, 3.05) is 36.8 Å². The van der Waals surface area contributed by atoms with Crippen LogP contribution in [-0.2, 0) is 16.4 Å². The van der Waals surface area contributed by atoms with Crippen LogP contribution in [0.25, 0.3) is 15.8 Å². The monoisotopic (exact) mass is 527 g/mol. The summed E-state index contributed by atoms with van der Waals surface area (Å²) in [5, 5.41) is 0.683. The van der Waals surface area contributed by atoms with Crippen LogP contribution in [0.2, 0.25) is 0 Å². The van der Waals surface area contributed by atoms with Crippen molar-refractivity contribution in [3.63, 3.8) is 0 Å². The minimum Gasteiger partial charge on any atom is -0.465 e. The molecule has 0 spiro atoms. The van der Waals surface area contributed by atoms with E-state index in [0.29, 0.717) is 24.7 Å². The van der Waals surface area contributed by atoms with E-state index in [1.54, 1.807) is 15.6 Å². The molecule has 192 valence electrons. The Hall–Kier alpha value is -2.56. The number of nitrogens with zero attached hydrogens (tertiary/aromatic N) is 5. The van der Waals surface area contributed by atoms with Gasteiger partial charge in [-0.1, -0.05) is 43.7 Å². The molecule has 1 aromatic carbocycles. The molecule has 1 fully saturated rings. The lowest BCUT2D eigenvalue weighted by Gasteiger charge is -2.25. The van der Waals surface area contributed by atoms with E-state index in [2.05, 4.69) is 33.9 Å². The van der Waals surface area contributed by atoms with Crippen LogP contribution in [0, 0.1) is 0 Å². The van der Waals surface area contributed by atoms with E-state index >= 15 is 0 Å². The molecule has 10 heteroatoms. The minimum absolute atomic E-state index is 0.0565. The number of anilines is 1. The third-order valence-electron chi connectivity index (χ3n) is 6.69. The zero-order valence-corrected chi connectivity index (χ0v) is 22.5. The first kappa shape index (κ1) is 25.1. The number of ether oxygens (including phenoxy) is 1. The van der Waals surface area contributed by atoms with Crippen molar-refractivity contribution in [2.24, 2.45) is 0 Å². The molecule has 1 atom stereocenters. The Morgan fingerprint density at radius 2 is 1.97 bits per heavy atom. The molecule has 2 aromatic heterocycles. The first-order chi connectivity index (χ1) is 17.4. The fraction of sp³-hybridized carbons (Fsp3) is 0.500. The van der Waals surface area contributed by atoms with E-state index in [9.17, 15) is 8.42 Å². The summed E-state index contributed by atoms with van der Waals surface area (Å²) in [4.78, 5) is 16.0. The molecule has 0 N–H and O–H groups in total. The van der Waals surface area contributed by atoms with Crippen molar-refractivity contribution < 1.29 is 13.2 Å². The van der Waals surface area contributed by atoms with Crippen LogP contribution in [0.15, 0.2) is 36.7 Å². The number of fused-ring (bicyclic) bond motifs is 1. The van der Waals surface area contributed by atoms with E-state index in [4.69, 9.17) is 9.72 Å². The maximum atomic E-state index is 12.4. The summed E-state index contributed by atoms with van der Waals surface area (Å²) < 4.78 is 33.6. The number of aromatic nitrogens is 3. The number of rotatable bonds is 9. The molecule has 0 amide bonds. The molecule has 1 saturated heterocycles. The average Bonchev–Trinajstić information content (AvgIpc) is 3.51. The summed E-state index contributed by atoms with van der Waals surface area (Å²) in [5.41, 5.74) is 4.41. The van der Waals surface area contributed by atoms with Crippen molar-refractivity contribution in [2.45, 2.75) is 52.1 Å². The van der Waals surface area contributed by atoms with E-state index in [-0.39, 0.29) is 11.9 Å². The number of hydrogen-bond acceptors (Lipinski definition) is 8. The summed E-state index contributed by atoms with van der Waals surface area (Å²) in [6.07, 6.45) is 10.3. The number of benzene rings is 1. The van der Waals surface area contributed by atoms with Crippen LogP contribution >= 0.6 is 11.3 Å². The summed E-state index contributed by atoms with van der Waals surface area (Å²) in [7, 11) is -3.16. The summed E-state index contributed by atoms with van der Waals surface area (Å²) in [6.45, 7) is 6.64. The Balaban J connectivity index is 1.22. The van der Waals surface area contributed by atoms with Crippen molar-refractivity contribution in [1.82, 2.24) is 19.3 Å². The zero-order valence-electron chi connectivity index (χ0n) is 20.9. The molecule has 0 radical (unpaired) electrons. The van der Waals surface area contributed by atoms with Crippen LogP contribution in [0.3, 0.4) is 0 Å². The minimum atomic E-state index is -3.16. The van der Waals surface area contributed by atoms with Gasteiger partial charge in [0.1, 0.15) is 6.10 Å². The summed E-state index contributed by atoms with van der Waals surface area (Å²) in [5.74, 6) is 0.972. The van der Waals surface area contributed by atoms with Crippen LogP contribution in [0.1, 0.15) is 50.7 Å². The fourth-order valence-electron chi connectivity index (χ4n) is 4.78. The van der Waals surface area contributed by atoms with Crippen LogP contribution in [0.5, 0.6) is 5.19 Å². The highest BCUT2D eigenvalue weighted by Crippen LogP contribution is 2.33. The molecule has 2 aliphatic rings. The SMILES string of the molecule is CCCc1cnc(N2CC[C@H](Oc3nc4ccc(C5=CCN(S(=O)(=O)CCC)CC5)cc4s3)C2)nc1. The summed E-state index contributed by atoms with van der Waals surface area (Å²) in [6, 6.07) is 6.25. The molecule has 4 heterocycles. The highest BCUT2D eigenvalue weighted by atomic mass is 32.2. The second kappa shape index (κ2) is 10.8. The van der Waals surface area contributed by atoms with E-state index in [0.717, 1.165) is 60.5 Å². The molecule has 5 rings (SSSR count). The highest BCUT2D eigenvalue weighted by Gasteiger charge is 2.27. The maximum Gasteiger partial charge on any atom is 0.274 e. The molecule has 3 aromatic rings. The standard InChI is InChI=1S/C26H33N5O3S2/c1-3-5-19-16-27-25(28-17-19)30-11-10-22(18-30)34-26-29-23-7-6-21(15-24(23)35-26)20-8-12-31(13-9-20)36(32,33)14-4-2/h6-8,15-17,22H,3-5,9-14,18H2,1-2H3/t22-/m0/s1. The molecule has 0 saturated carbocycles. The van der Waals surface area contributed by atoms with Crippen LogP contribution < -0.4 is 9.64 Å². The Morgan fingerprint density at radius 1 is 1.14 bits per heavy atom. The van der Waals surface area contributed by atoms with E-state index in [1.165, 1.54) is 11.1 Å². The predicted molar refractivity (Wildman–Crippen MR) is 145 cm³/mol. The molecule has 0 bridgehead atoms. The Kier molecular flexibility index (Phi) is 7.55. The van der Waals surface area contributed by atoms with Gasteiger partial charge in [-0.2, -0.15) is 4.31 Å². The molecule has 8 nitrogen and oxygen atoms in total. The third kappa shape index (κ3) is 5.55. The topological polar surface area (TPSA) is 88.5 Å². The third-order valence-corrected chi connectivity index (χ3v) is 9.64. The Bertz CT molecular complexity index is 1340. The number of hydrogen-bond donors (Lipinski definition) is 0. The first-order valence-electron chi connectivity index (χ1n) is 12.8. The number of thiazole rings is 1. The van der Waals surface area contributed by atoms with Gasteiger partial charge < -0.3 is 9.64 Å². The smallest absolute Gasteiger partial charge is 0.274 e. The predicted octanol–water partition coefficient (Wildman–Crippen LogP) is 4.53. The second-order valence-electron chi connectivity index (χ2n) is 9.43. The Labute approximate surface area is 217 Å². The van der Waals surface area contributed by atoms with Crippen molar-refractivity contribution in [3.05, 3.63) is 47.8 Å². The van der Waals surface area contributed by atoms with Gasteiger partial charge >= 0.3 is 0 Å². The lowest BCUT2D eigenvalue weighted by atomic mass is 10.0. The quantitative estimate of drug-likeness (QED) is 0.404. The van der Waals surface area contributed by atoms with Gasteiger partial charge in [-0.3, -0.25) is 0 Å².